The lowest BCUT2D eigenvalue weighted by Crippen LogP contribution is -2.04. The van der Waals surface area contributed by atoms with Gasteiger partial charge in [-0.15, -0.1) is 0 Å². The highest BCUT2D eigenvalue weighted by atomic mass is 15.3. The summed E-state index contributed by atoms with van der Waals surface area (Å²) in [6, 6.07) is 0. The summed E-state index contributed by atoms with van der Waals surface area (Å²) in [5.74, 6) is 0.619. The van der Waals surface area contributed by atoms with Crippen molar-refractivity contribution in [1.82, 2.24) is 9.78 Å². The van der Waals surface area contributed by atoms with Crippen molar-refractivity contribution in [2.75, 3.05) is 5.73 Å². The maximum absolute atomic E-state index is 5.63. The van der Waals surface area contributed by atoms with E-state index >= 15 is 0 Å². The first kappa shape index (κ1) is 8.11. The molecular formula is C8H15N3. The van der Waals surface area contributed by atoms with Gasteiger partial charge in [0.1, 0.15) is 0 Å². The molecule has 0 saturated heterocycles. The van der Waals surface area contributed by atoms with E-state index < -0.39 is 0 Å². The van der Waals surface area contributed by atoms with Crippen LogP contribution in [0.25, 0.3) is 0 Å². The van der Waals surface area contributed by atoms with Crippen LogP contribution in [-0.2, 0) is 6.54 Å². The molecule has 1 heterocycles. The van der Waals surface area contributed by atoms with Gasteiger partial charge in [0, 0.05) is 12.7 Å². The Bertz CT molecular complexity index is 218. The zero-order valence-electron chi connectivity index (χ0n) is 7.33. The Morgan fingerprint density at radius 1 is 1.64 bits per heavy atom. The summed E-state index contributed by atoms with van der Waals surface area (Å²) in [7, 11) is 0. The maximum Gasteiger partial charge on any atom is 0.0822 e. The topological polar surface area (TPSA) is 43.8 Å². The van der Waals surface area contributed by atoms with Crippen LogP contribution in [0.4, 0.5) is 5.69 Å². The van der Waals surface area contributed by atoms with E-state index in [-0.39, 0.29) is 0 Å². The summed E-state index contributed by atoms with van der Waals surface area (Å²) in [6.45, 7) is 7.19. The van der Waals surface area contributed by atoms with E-state index in [1.807, 2.05) is 17.8 Å². The number of nitrogens with two attached hydrogens (primary N) is 1. The Kier molecular flexibility index (Phi) is 2.17. The van der Waals surface area contributed by atoms with E-state index in [0.717, 1.165) is 17.9 Å². The van der Waals surface area contributed by atoms with E-state index in [9.17, 15) is 0 Å². The van der Waals surface area contributed by atoms with Crippen LogP contribution in [0.15, 0.2) is 6.20 Å². The summed E-state index contributed by atoms with van der Waals surface area (Å²) in [6.07, 6.45) is 1.88. The van der Waals surface area contributed by atoms with Crippen LogP contribution < -0.4 is 5.73 Å². The smallest absolute Gasteiger partial charge is 0.0822 e. The van der Waals surface area contributed by atoms with Crippen molar-refractivity contribution in [1.29, 1.82) is 0 Å². The first-order valence-corrected chi connectivity index (χ1v) is 3.89. The van der Waals surface area contributed by atoms with E-state index in [1.54, 1.807) is 0 Å². The molecule has 0 atom stereocenters. The lowest BCUT2D eigenvalue weighted by atomic mass is 10.2. The molecule has 0 aliphatic carbocycles. The average molecular weight is 153 g/mol. The molecular weight excluding hydrogens is 138 g/mol. The second-order valence-electron chi connectivity index (χ2n) is 3.29. The molecule has 1 aromatic heterocycles. The molecule has 2 N–H and O–H groups in total. The van der Waals surface area contributed by atoms with Gasteiger partial charge in [0.2, 0.25) is 0 Å². The molecule has 0 bridgehead atoms. The van der Waals surface area contributed by atoms with Crippen molar-refractivity contribution >= 4 is 5.69 Å². The Morgan fingerprint density at radius 2 is 2.27 bits per heavy atom. The highest BCUT2D eigenvalue weighted by molar-refractivity contribution is 5.39. The second-order valence-corrected chi connectivity index (χ2v) is 3.29. The Balaban J connectivity index is 2.73. The fourth-order valence-corrected chi connectivity index (χ4v) is 1.00. The van der Waals surface area contributed by atoms with Gasteiger partial charge in [0.25, 0.3) is 0 Å². The number of aryl methyl sites for hydroxylation is 1. The van der Waals surface area contributed by atoms with Gasteiger partial charge in [-0.25, -0.2) is 0 Å². The van der Waals surface area contributed by atoms with Gasteiger partial charge in [-0.2, -0.15) is 5.10 Å². The van der Waals surface area contributed by atoms with Crippen LogP contribution in [-0.4, -0.2) is 9.78 Å². The molecule has 0 unspecified atom stereocenters. The molecule has 62 valence electrons. The van der Waals surface area contributed by atoms with Gasteiger partial charge in [0.05, 0.1) is 11.4 Å². The van der Waals surface area contributed by atoms with Crippen LogP contribution in [0.5, 0.6) is 0 Å². The van der Waals surface area contributed by atoms with Crippen molar-refractivity contribution in [2.45, 2.75) is 27.3 Å². The molecule has 1 aromatic rings. The monoisotopic (exact) mass is 153 g/mol. The van der Waals surface area contributed by atoms with Crippen LogP contribution in [0, 0.1) is 12.8 Å². The van der Waals surface area contributed by atoms with Crippen molar-refractivity contribution in [2.24, 2.45) is 5.92 Å². The van der Waals surface area contributed by atoms with Gasteiger partial charge in [0.15, 0.2) is 0 Å². The van der Waals surface area contributed by atoms with E-state index in [0.29, 0.717) is 5.92 Å². The number of aromatic nitrogens is 2. The van der Waals surface area contributed by atoms with Crippen molar-refractivity contribution in [3.63, 3.8) is 0 Å². The number of anilines is 1. The molecule has 0 radical (unpaired) electrons. The molecule has 11 heavy (non-hydrogen) atoms. The SMILES string of the molecule is Cc1nn(CC(C)C)cc1N. The number of hydrogen-bond donors (Lipinski definition) is 1. The number of rotatable bonds is 2. The molecule has 0 saturated carbocycles. The highest BCUT2D eigenvalue weighted by Crippen LogP contribution is 2.08. The zero-order valence-corrected chi connectivity index (χ0v) is 7.33. The summed E-state index contributed by atoms with van der Waals surface area (Å²) in [5, 5.41) is 4.24. The fourth-order valence-electron chi connectivity index (χ4n) is 1.00. The molecule has 1 rings (SSSR count). The summed E-state index contributed by atoms with van der Waals surface area (Å²) < 4.78 is 1.90. The van der Waals surface area contributed by atoms with Crippen LogP contribution in [0.3, 0.4) is 0 Å². The number of hydrogen-bond acceptors (Lipinski definition) is 2. The minimum absolute atomic E-state index is 0.619. The van der Waals surface area contributed by atoms with E-state index in [4.69, 9.17) is 5.73 Å². The third-order valence-electron chi connectivity index (χ3n) is 1.54. The summed E-state index contributed by atoms with van der Waals surface area (Å²) >= 11 is 0. The number of nitrogens with zero attached hydrogens (tertiary/aromatic N) is 2. The summed E-state index contributed by atoms with van der Waals surface area (Å²) in [5.41, 5.74) is 7.34. The summed E-state index contributed by atoms with van der Waals surface area (Å²) in [4.78, 5) is 0. The second kappa shape index (κ2) is 2.95. The highest BCUT2D eigenvalue weighted by Gasteiger charge is 2.01. The molecule has 3 heteroatoms. The lowest BCUT2D eigenvalue weighted by Gasteiger charge is -2.02. The average Bonchev–Trinajstić information content (AvgIpc) is 2.10. The Morgan fingerprint density at radius 3 is 2.64 bits per heavy atom. The van der Waals surface area contributed by atoms with Gasteiger partial charge in [-0.05, 0) is 12.8 Å². The standard InChI is InChI=1S/C8H15N3/c1-6(2)4-11-5-8(9)7(3)10-11/h5-6H,4,9H2,1-3H3. The first-order valence-electron chi connectivity index (χ1n) is 3.89. The van der Waals surface area contributed by atoms with Crippen molar-refractivity contribution in [3.05, 3.63) is 11.9 Å². The molecule has 0 spiro atoms. The van der Waals surface area contributed by atoms with Gasteiger partial charge >= 0.3 is 0 Å². The molecule has 0 aromatic carbocycles. The van der Waals surface area contributed by atoms with Gasteiger partial charge < -0.3 is 5.73 Å². The predicted molar refractivity (Wildman–Crippen MR) is 46.2 cm³/mol. The van der Waals surface area contributed by atoms with E-state index in [2.05, 4.69) is 18.9 Å². The van der Waals surface area contributed by atoms with Gasteiger partial charge in [-0.3, -0.25) is 4.68 Å². The van der Waals surface area contributed by atoms with E-state index in [1.165, 1.54) is 0 Å². The third-order valence-corrected chi connectivity index (χ3v) is 1.54. The van der Waals surface area contributed by atoms with Crippen LogP contribution >= 0.6 is 0 Å². The van der Waals surface area contributed by atoms with Crippen LogP contribution in [0.1, 0.15) is 19.5 Å². The van der Waals surface area contributed by atoms with Crippen molar-refractivity contribution < 1.29 is 0 Å². The molecule has 0 fully saturated rings. The first-order chi connectivity index (χ1) is 5.09. The minimum atomic E-state index is 0.619. The normalized spacial score (nSPS) is 10.9. The third kappa shape index (κ3) is 1.97. The Hall–Kier alpha value is -0.990. The quantitative estimate of drug-likeness (QED) is 0.698. The molecule has 0 amide bonds. The zero-order chi connectivity index (χ0) is 8.43. The minimum Gasteiger partial charge on any atom is -0.396 e. The number of nitrogen functional groups attached to an aromatic ring is 1. The Labute approximate surface area is 67.2 Å². The lowest BCUT2D eigenvalue weighted by molar-refractivity contribution is 0.481. The molecule has 0 aliphatic rings. The fraction of sp³-hybridized carbons (Fsp3) is 0.625. The van der Waals surface area contributed by atoms with Crippen molar-refractivity contribution in [3.8, 4) is 0 Å². The van der Waals surface area contributed by atoms with Crippen LogP contribution in [0.2, 0.25) is 0 Å². The predicted octanol–water partition coefficient (Wildman–Crippen LogP) is 1.43. The maximum atomic E-state index is 5.63. The van der Waals surface area contributed by atoms with Gasteiger partial charge in [-0.1, -0.05) is 13.8 Å². The molecule has 3 nitrogen and oxygen atoms in total. The largest absolute Gasteiger partial charge is 0.396 e. The molecule has 0 aliphatic heterocycles.